The SMILES string of the molecule is Cc1nc(OC2CCC3(CC2C)CN(C(=O)OC(C)(C)C)C3)ccc1C(F)(F)F. The van der Waals surface area contributed by atoms with Gasteiger partial charge in [-0.1, -0.05) is 6.92 Å². The molecule has 1 saturated heterocycles. The average molecular weight is 414 g/mol. The fraction of sp³-hybridized carbons (Fsp3) is 0.714. The smallest absolute Gasteiger partial charge is 0.418 e. The summed E-state index contributed by atoms with van der Waals surface area (Å²) in [5, 5.41) is 0. The average Bonchev–Trinajstić information content (AvgIpc) is 2.51. The normalized spacial score (nSPS) is 24.2. The van der Waals surface area contributed by atoms with Gasteiger partial charge in [0.05, 0.1) is 11.3 Å². The second-order valence-corrected chi connectivity index (χ2v) is 9.49. The van der Waals surface area contributed by atoms with Crippen LogP contribution in [0.15, 0.2) is 12.1 Å². The number of pyridine rings is 1. The van der Waals surface area contributed by atoms with Crippen LogP contribution in [0.2, 0.25) is 0 Å². The third kappa shape index (κ3) is 4.95. The van der Waals surface area contributed by atoms with E-state index in [2.05, 4.69) is 11.9 Å². The highest BCUT2D eigenvalue weighted by molar-refractivity contribution is 5.69. The molecule has 2 fully saturated rings. The zero-order valence-corrected chi connectivity index (χ0v) is 17.6. The van der Waals surface area contributed by atoms with Crippen molar-refractivity contribution in [1.82, 2.24) is 9.88 Å². The zero-order valence-electron chi connectivity index (χ0n) is 17.6. The highest BCUT2D eigenvalue weighted by Gasteiger charge is 2.50. The summed E-state index contributed by atoms with van der Waals surface area (Å²) in [6, 6.07) is 2.32. The van der Waals surface area contributed by atoms with Crippen LogP contribution in [0.1, 0.15) is 58.2 Å². The summed E-state index contributed by atoms with van der Waals surface area (Å²) in [5.41, 5.74) is -1.25. The molecule has 0 N–H and O–H groups in total. The molecule has 1 saturated carbocycles. The van der Waals surface area contributed by atoms with Crippen LogP contribution in [0.4, 0.5) is 18.0 Å². The van der Waals surface area contributed by atoms with Crippen molar-refractivity contribution in [2.24, 2.45) is 11.3 Å². The first-order chi connectivity index (χ1) is 13.3. The minimum Gasteiger partial charge on any atom is -0.474 e. The van der Waals surface area contributed by atoms with E-state index in [4.69, 9.17) is 9.47 Å². The third-order valence-electron chi connectivity index (χ3n) is 5.69. The number of aryl methyl sites for hydroxylation is 1. The highest BCUT2D eigenvalue weighted by atomic mass is 19.4. The summed E-state index contributed by atoms with van der Waals surface area (Å²) >= 11 is 0. The standard InChI is InChI=1S/C21H29F3N2O3/c1-13-10-20(11-26(12-20)18(27)29-19(3,4)5)9-8-16(13)28-17-7-6-15(14(2)25-17)21(22,23)24/h6-7,13,16H,8-12H2,1-5H3. The van der Waals surface area contributed by atoms with Crippen LogP contribution in [-0.4, -0.2) is 40.8 Å². The topological polar surface area (TPSA) is 51.7 Å². The van der Waals surface area contributed by atoms with Gasteiger partial charge in [0.15, 0.2) is 0 Å². The monoisotopic (exact) mass is 414 g/mol. The highest BCUT2D eigenvalue weighted by Crippen LogP contribution is 2.47. The first-order valence-corrected chi connectivity index (χ1v) is 9.97. The van der Waals surface area contributed by atoms with Gasteiger partial charge in [-0.3, -0.25) is 0 Å². The largest absolute Gasteiger partial charge is 0.474 e. The summed E-state index contributed by atoms with van der Waals surface area (Å²) in [6.45, 7) is 10.3. The number of nitrogens with zero attached hydrogens (tertiary/aromatic N) is 2. The van der Waals surface area contributed by atoms with Crippen molar-refractivity contribution in [3.63, 3.8) is 0 Å². The maximum absolute atomic E-state index is 12.9. The number of hydrogen-bond acceptors (Lipinski definition) is 4. The molecule has 0 radical (unpaired) electrons. The van der Waals surface area contributed by atoms with Gasteiger partial charge in [0, 0.05) is 24.6 Å². The number of carbonyl (C=O) groups excluding carboxylic acids is 1. The van der Waals surface area contributed by atoms with E-state index >= 15 is 0 Å². The number of halogens is 3. The Morgan fingerprint density at radius 1 is 1.24 bits per heavy atom. The number of likely N-dealkylation sites (tertiary alicyclic amines) is 1. The molecule has 5 nitrogen and oxygen atoms in total. The number of amides is 1. The summed E-state index contributed by atoms with van der Waals surface area (Å²) in [4.78, 5) is 17.9. The van der Waals surface area contributed by atoms with Crippen LogP contribution >= 0.6 is 0 Å². The predicted octanol–water partition coefficient (Wildman–Crippen LogP) is 5.21. The number of alkyl halides is 3. The van der Waals surface area contributed by atoms with Gasteiger partial charge in [-0.05, 0) is 58.9 Å². The summed E-state index contributed by atoms with van der Waals surface area (Å²) in [6.07, 6.45) is -2.20. The molecule has 1 aromatic heterocycles. The van der Waals surface area contributed by atoms with Crippen LogP contribution in [0.25, 0.3) is 0 Å². The van der Waals surface area contributed by atoms with Gasteiger partial charge in [0.1, 0.15) is 11.7 Å². The molecule has 1 amide bonds. The van der Waals surface area contributed by atoms with Gasteiger partial charge >= 0.3 is 12.3 Å². The Morgan fingerprint density at radius 3 is 2.41 bits per heavy atom. The predicted molar refractivity (Wildman–Crippen MR) is 102 cm³/mol. The van der Waals surface area contributed by atoms with Crippen molar-refractivity contribution in [2.45, 2.75) is 71.8 Å². The number of carbonyl (C=O) groups is 1. The Hall–Kier alpha value is -1.99. The maximum Gasteiger partial charge on any atom is 0.418 e. The van der Waals surface area contributed by atoms with E-state index in [1.807, 2.05) is 20.8 Å². The van der Waals surface area contributed by atoms with Crippen molar-refractivity contribution in [1.29, 1.82) is 0 Å². The Kier molecular flexibility index (Phi) is 5.51. The second-order valence-electron chi connectivity index (χ2n) is 9.49. The van der Waals surface area contributed by atoms with Gasteiger partial charge in [-0.25, -0.2) is 9.78 Å². The molecule has 2 unspecified atom stereocenters. The number of hydrogen-bond donors (Lipinski definition) is 0. The molecule has 2 aliphatic rings. The van der Waals surface area contributed by atoms with Crippen LogP contribution in [-0.2, 0) is 10.9 Å². The molecule has 1 aliphatic heterocycles. The summed E-state index contributed by atoms with van der Waals surface area (Å²) in [5.74, 6) is 0.446. The fourth-order valence-corrected chi connectivity index (χ4v) is 4.39. The Labute approximate surface area is 169 Å². The lowest BCUT2D eigenvalue weighted by Gasteiger charge is -2.54. The molecule has 2 heterocycles. The molecule has 29 heavy (non-hydrogen) atoms. The van der Waals surface area contributed by atoms with Gasteiger partial charge in [0.2, 0.25) is 5.88 Å². The number of ether oxygens (including phenoxy) is 2. The van der Waals surface area contributed by atoms with Crippen LogP contribution in [0, 0.1) is 18.3 Å². The van der Waals surface area contributed by atoms with E-state index in [0.717, 1.165) is 25.3 Å². The minimum absolute atomic E-state index is 0.0815. The number of aromatic nitrogens is 1. The molecular formula is C21H29F3N2O3. The molecule has 3 rings (SSSR count). The molecule has 2 atom stereocenters. The van der Waals surface area contributed by atoms with E-state index in [-0.39, 0.29) is 35.1 Å². The Morgan fingerprint density at radius 2 is 1.90 bits per heavy atom. The molecule has 8 heteroatoms. The van der Waals surface area contributed by atoms with E-state index in [0.29, 0.717) is 13.1 Å². The number of rotatable bonds is 2. The molecule has 1 aliphatic carbocycles. The van der Waals surface area contributed by atoms with E-state index < -0.39 is 17.3 Å². The van der Waals surface area contributed by atoms with Crippen molar-refractivity contribution in [3.8, 4) is 5.88 Å². The van der Waals surface area contributed by atoms with Crippen LogP contribution in [0.3, 0.4) is 0 Å². The van der Waals surface area contributed by atoms with Crippen molar-refractivity contribution >= 4 is 6.09 Å². The van der Waals surface area contributed by atoms with Crippen LogP contribution < -0.4 is 4.74 Å². The van der Waals surface area contributed by atoms with Crippen molar-refractivity contribution in [3.05, 3.63) is 23.4 Å². The van der Waals surface area contributed by atoms with E-state index in [1.165, 1.54) is 13.0 Å². The third-order valence-corrected chi connectivity index (χ3v) is 5.69. The van der Waals surface area contributed by atoms with Gasteiger partial charge in [0.25, 0.3) is 0 Å². The van der Waals surface area contributed by atoms with E-state index in [1.54, 1.807) is 4.90 Å². The maximum atomic E-state index is 12.9. The first kappa shape index (κ1) is 21.7. The molecule has 162 valence electrons. The quantitative estimate of drug-likeness (QED) is 0.666. The minimum atomic E-state index is -4.41. The summed E-state index contributed by atoms with van der Waals surface area (Å²) < 4.78 is 50.0. The molecular weight excluding hydrogens is 385 g/mol. The first-order valence-electron chi connectivity index (χ1n) is 9.97. The lowest BCUT2D eigenvalue weighted by Crippen LogP contribution is -2.61. The van der Waals surface area contributed by atoms with Gasteiger partial charge in [-0.2, -0.15) is 13.2 Å². The second kappa shape index (κ2) is 7.36. The van der Waals surface area contributed by atoms with Crippen molar-refractivity contribution in [2.75, 3.05) is 13.1 Å². The Balaban J connectivity index is 1.55. The van der Waals surface area contributed by atoms with Crippen LogP contribution in [0.5, 0.6) is 5.88 Å². The van der Waals surface area contributed by atoms with Gasteiger partial charge in [-0.15, -0.1) is 0 Å². The fourth-order valence-electron chi connectivity index (χ4n) is 4.39. The Bertz CT molecular complexity index is 767. The molecule has 0 bridgehead atoms. The zero-order chi connectivity index (χ0) is 21.6. The molecule has 0 aromatic carbocycles. The molecule has 1 spiro atoms. The van der Waals surface area contributed by atoms with E-state index in [9.17, 15) is 18.0 Å². The van der Waals surface area contributed by atoms with Gasteiger partial charge < -0.3 is 14.4 Å². The summed E-state index contributed by atoms with van der Waals surface area (Å²) in [7, 11) is 0. The lowest BCUT2D eigenvalue weighted by atomic mass is 9.64. The van der Waals surface area contributed by atoms with Crippen molar-refractivity contribution < 1.29 is 27.4 Å². The molecule has 1 aromatic rings. The lowest BCUT2D eigenvalue weighted by molar-refractivity contribution is -0.138.